The van der Waals surface area contributed by atoms with Crippen molar-refractivity contribution in [2.75, 3.05) is 5.32 Å². The molecule has 0 radical (unpaired) electrons. The van der Waals surface area contributed by atoms with E-state index in [4.69, 9.17) is 9.26 Å². The third-order valence-corrected chi connectivity index (χ3v) is 4.95. The van der Waals surface area contributed by atoms with Crippen LogP contribution in [0, 0.1) is 12.7 Å². The van der Waals surface area contributed by atoms with E-state index in [1.807, 2.05) is 24.4 Å². The predicted octanol–water partition coefficient (Wildman–Crippen LogP) is 4.96. The highest BCUT2D eigenvalue weighted by Gasteiger charge is 2.21. The number of nitrogens with one attached hydrogen (secondary N) is 1. The van der Waals surface area contributed by atoms with Crippen LogP contribution in [-0.2, 0) is 13.2 Å². The van der Waals surface area contributed by atoms with E-state index in [9.17, 15) is 9.18 Å². The van der Waals surface area contributed by atoms with Gasteiger partial charge in [-0.15, -0.1) is 0 Å². The lowest BCUT2D eigenvalue weighted by Gasteiger charge is -2.09. The summed E-state index contributed by atoms with van der Waals surface area (Å²) in [6.07, 6.45) is 3.58. The van der Waals surface area contributed by atoms with Gasteiger partial charge in [0.1, 0.15) is 12.4 Å². The van der Waals surface area contributed by atoms with Crippen LogP contribution >= 0.6 is 15.9 Å². The maximum Gasteiger partial charge on any atom is 0.278 e. The molecule has 2 aromatic carbocycles. The minimum Gasteiger partial charge on any atom is -0.486 e. The highest BCUT2D eigenvalue weighted by atomic mass is 79.9. The smallest absolute Gasteiger partial charge is 0.278 e. The maximum absolute atomic E-state index is 13.8. The van der Waals surface area contributed by atoms with Crippen LogP contribution in [0.1, 0.15) is 27.4 Å². The lowest BCUT2D eigenvalue weighted by molar-refractivity contribution is 0.101. The summed E-state index contributed by atoms with van der Waals surface area (Å²) in [5.41, 5.74) is 2.12. The number of para-hydroxylation sites is 1. The number of aryl methyl sites for hydroxylation is 1. The van der Waals surface area contributed by atoms with Gasteiger partial charge in [0.15, 0.2) is 17.3 Å². The van der Waals surface area contributed by atoms with Gasteiger partial charge in [-0.3, -0.25) is 9.48 Å². The first kappa shape index (κ1) is 20.8. The molecule has 158 valence electrons. The number of benzene rings is 2. The number of hydrogen-bond acceptors (Lipinski definition) is 5. The molecule has 9 heteroatoms. The second-order valence-electron chi connectivity index (χ2n) is 6.80. The Morgan fingerprint density at radius 3 is 2.87 bits per heavy atom. The van der Waals surface area contributed by atoms with Crippen LogP contribution in [0.5, 0.6) is 5.75 Å². The topological polar surface area (TPSA) is 82.2 Å². The molecule has 4 aromatic rings. The molecule has 0 saturated carbocycles. The van der Waals surface area contributed by atoms with Crippen LogP contribution in [0.15, 0.2) is 69.9 Å². The van der Waals surface area contributed by atoms with Crippen LogP contribution in [0.2, 0.25) is 0 Å². The molecule has 31 heavy (non-hydrogen) atoms. The molecule has 2 aromatic heterocycles. The van der Waals surface area contributed by atoms with Crippen LogP contribution < -0.4 is 10.1 Å². The highest BCUT2D eigenvalue weighted by molar-refractivity contribution is 9.10. The van der Waals surface area contributed by atoms with E-state index >= 15 is 0 Å². The standard InChI is InChI=1S/C22H18BrFN4O3/c1-14-18(13-30-20-8-3-2-7-19(20)24)21(27-31-14)22(29)26-17-6-4-5-15(9-17)11-28-12-16(23)10-25-28/h2-10,12H,11,13H2,1H3,(H,26,29). The summed E-state index contributed by atoms with van der Waals surface area (Å²) in [6, 6.07) is 13.5. The molecule has 0 fully saturated rings. The number of rotatable bonds is 7. The third-order valence-electron chi connectivity index (χ3n) is 4.54. The van der Waals surface area contributed by atoms with E-state index in [2.05, 4.69) is 31.5 Å². The van der Waals surface area contributed by atoms with Gasteiger partial charge in [-0.2, -0.15) is 5.10 Å². The second-order valence-corrected chi connectivity index (χ2v) is 7.71. The lowest BCUT2D eigenvalue weighted by atomic mass is 10.1. The van der Waals surface area contributed by atoms with E-state index in [0.717, 1.165) is 10.0 Å². The second kappa shape index (κ2) is 9.13. The van der Waals surface area contributed by atoms with Crippen LogP contribution in [0.4, 0.5) is 10.1 Å². The Labute approximate surface area is 185 Å². The number of nitrogens with zero attached hydrogens (tertiary/aromatic N) is 3. The first-order valence-corrected chi connectivity index (χ1v) is 10.2. The molecule has 4 rings (SSSR count). The largest absolute Gasteiger partial charge is 0.486 e. The lowest BCUT2D eigenvalue weighted by Crippen LogP contribution is -2.15. The molecule has 2 heterocycles. The van der Waals surface area contributed by atoms with Gasteiger partial charge in [-0.05, 0) is 52.7 Å². The fourth-order valence-corrected chi connectivity index (χ4v) is 3.33. The number of carbonyl (C=O) groups excluding carboxylic acids is 1. The maximum atomic E-state index is 13.8. The van der Waals surface area contributed by atoms with Crippen molar-refractivity contribution < 1.29 is 18.4 Å². The van der Waals surface area contributed by atoms with E-state index < -0.39 is 11.7 Å². The van der Waals surface area contributed by atoms with E-state index in [1.54, 1.807) is 36.0 Å². The van der Waals surface area contributed by atoms with Gasteiger partial charge in [0.2, 0.25) is 0 Å². The SMILES string of the molecule is Cc1onc(C(=O)Nc2cccc(Cn3cc(Br)cn3)c2)c1COc1ccccc1F. The van der Waals surface area contributed by atoms with Gasteiger partial charge in [-0.25, -0.2) is 4.39 Å². The Balaban J connectivity index is 1.47. The molecule has 1 N–H and O–H groups in total. The molecule has 0 aliphatic heterocycles. The van der Waals surface area contributed by atoms with Crippen molar-refractivity contribution in [2.45, 2.75) is 20.1 Å². The van der Waals surface area contributed by atoms with Crippen LogP contribution in [-0.4, -0.2) is 20.8 Å². The number of hydrogen-bond donors (Lipinski definition) is 1. The van der Waals surface area contributed by atoms with Crippen molar-refractivity contribution >= 4 is 27.5 Å². The molecule has 0 aliphatic rings. The summed E-state index contributed by atoms with van der Waals surface area (Å²) in [5, 5.41) is 10.9. The van der Waals surface area contributed by atoms with Gasteiger partial charge in [0.05, 0.1) is 22.8 Å². The molecule has 1 amide bonds. The van der Waals surface area contributed by atoms with Gasteiger partial charge >= 0.3 is 0 Å². The zero-order chi connectivity index (χ0) is 21.8. The van der Waals surface area contributed by atoms with Gasteiger partial charge in [-0.1, -0.05) is 29.4 Å². The fourth-order valence-electron chi connectivity index (χ4n) is 3.00. The third kappa shape index (κ3) is 5.00. The van der Waals surface area contributed by atoms with E-state index in [1.165, 1.54) is 12.1 Å². The van der Waals surface area contributed by atoms with Crippen LogP contribution in [0.25, 0.3) is 0 Å². The molecule has 0 atom stereocenters. The first-order valence-electron chi connectivity index (χ1n) is 9.40. The van der Waals surface area contributed by atoms with Crippen molar-refractivity contribution in [3.63, 3.8) is 0 Å². The van der Waals surface area contributed by atoms with E-state index in [-0.39, 0.29) is 18.1 Å². The van der Waals surface area contributed by atoms with Gasteiger partial charge in [0, 0.05) is 11.9 Å². The molecule has 0 aliphatic carbocycles. The van der Waals surface area contributed by atoms with E-state index in [0.29, 0.717) is 23.6 Å². The fraction of sp³-hybridized carbons (Fsp3) is 0.136. The molecule has 0 spiro atoms. The molecule has 0 unspecified atom stereocenters. The normalized spacial score (nSPS) is 10.8. The average Bonchev–Trinajstić information content (AvgIpc) is 3.32. The predicted molar refractivity (Wildman–Crippen MR) is 115 cm³/mol. The summed E-state index contributed by atoms with van der Waals surface area (Å²) in [4.78, 5) is 12.8. The molecule has 0 bridgehead atoms. The Bertz CT molecular complexity index is 1220. The number of carbonyl (C=O) groups is 1. The average molecular weight is 485 g/mol. The zero-order valence-electron chi connectivity index (χ0n) is 16.5. The van der Waals surface area contributed by atoms with Crippen molar-refractivity contribution in [3.8, 4) is 5.75 Å². The molecule has 0 saturated heterocycles. The Hall–Kier alpha value is -3.46. The highest BCUT2D eigenvalue weighted by Crippen LogP contribution is 2.21. The summed E-state index contributed by atoms with van der Waals surface area (Å²) in [7, 11) is 0. The molecular weight excluding hydrogens is 467 g/mol. The molecule has 7 nitrogen and oxygen atoms in total. The Kier molecular flexibility index (Phi) is 6.13. The van der Waals surface area contributed by atoms with Gasteiger partial charge in [0.25, 0.3) is 5.91 Å². The summed E-state index contributed by atoms with van der Waals surface area (Å²) in [5.74, 6) is -0.404. The number of ether oxygens (including phenoxy) is 1. The van der Waals surface area contributed by atoms with Crippen molar-refractivity contribution in [3.05, 3.63) is 93.8 Å². The van der Waals surface area contributed by atoms with Crippen LogP contribution in [0.3, 0.4) is 0 Å². The number of amides is 1. The first-order chi connectivity index (χ1) is 15.0. The number of aromatic nitrogens is 3. The summed E-state index contributed by atoms with van der Waals surface area (Å²) >= 11 is 3.37. The monoisotopic (exact) mass is 484 g/mol. The number of anilines is 1. The summed E-state index contributed by atoms with van der Waals surface area (Å²) < 4.78 is 27.2. The van der Waals surface area contributed by atoms with Crippen molar-refractivity contribution in [2.24, 2.45) is 0 Å². The minimum atomic E-state index is -0.483. The Morgan fingerprint density at radius 1 is 1.26 bits per heavy atom. The quantitative estimate of drug-likeness (QED) is 0.400. The zero-order valence-corrected chi connectivity index (χ0v) is 18.1. The summed E-state index contributed by atoms with van der Waals surface area (Å²) in [6.45, 7) is 2.18. The minimum absolute atomic E-state index is 0.0484. The van der Waals surface area contributed by atoms with Crippen molar-refractivity contribution in [1.29, 1.82) is 0 Å². The molecular formula is C22H18BrFN4O3. The van der Waals surface area contributed by atoms with Crippen molar-refractivity contribution in [1.82, 2.24) is 14.9 Å². The van der Waals surface area contributed by atoms with Gasteiger partial charge < -0.3 is 14.6 Å². The Morgan fingerprint density at radius 2 is 2.10 bits per heavy atom. The number of halogens is 2.